The summed E-state index contributed by atoms with van der Waals surface area (Å²) >= 11 is 6.11. The van der Waals surface area contributed by atoms with E-state index in [1.54, 1.807) is 7.11 Å². The van der Waals surface area contributed by atoms with Crippen LogP contribution in [0.1, 0.15) is 40.9 Å². The first-order valence-corrected chi connectivity index (χ1v) is 10.6. The van der Waals surface area contributed by atoms with Crippen LogP contribution in [0.2, 0.25) is 5.02 Å². The zero-order valence-corrected chi connectivity index (χ0v) is 18.3. The fraction of sp³-hybridized carbons (Fsp3) is 0.200. The number of hydrogen-bond donors (Lipinski definition) is 1. The first-order chi connectivity index (χ1) is 15.1. The maximum Gasteiger partial charge on any atom is 0.251 e. The molecule has 0 saturated carbocycles. The van der Waals surface area contributed by atoms with E-state index in [2.05, 4.69) is 17.3 Å². The van der Waals surface area contributed by atoms with Gasteiger partial charge in [0.2, 0.25) is 0 Å². The number of methoxy groups -OCH3 is 1. The van der Waals surface area contributed by atoms with Crippen molar-refractivity contribution in [3.05, 3.63) is 94.6 Å². The molecule has 1 aromatic heterocycles. The van der Waals surface area contributed by atoms with Crippen molar-refractivity contribution in [2.24, 2.45) is 0 Å². The topological polar surface area (TPSA) is 56.2 Å². The van der Waals surface area contributed by atoms with Crippen molar-refractivity contribution in [3.63, 3.8) is 0 Å². The second kappa shape index (κ2) is 9.23. The fourth-order valence-corrected chi connectivity index (χ4v) is 3.86. The molecule has 0 radical (unpaired) electrons. The van der Waals surface area contributed by atoms with Gasteiger partial charge in [-0.1, -0.05) is 48.9 Å². The Kier molecular flexibility index (Phi) is 6.23. The third kappa shape index (κ3) is 4.72. The van der Waals surface area contributed by atoms with Crippen LogP contribution >= 0.6 is 11.6 Å². The Morgan fingerprint density at radius 3 is 2.65 bits per heavy atom. The van der Waals surface area contributed by atoms with E-state index in [1.165, 1.54) is 0 Å². The summed E-state index contributed by atoms with van der Waals surface area (Å²) in [5, 5.41) is 9.31. The van der Waals surface area contributed by atoms with Gasteiger partial charge in [-0.05, 0) is 53.9 Å². The molecule has 6 heteroatoms. The monoisotopic (exact) mass is 433 g/mol. The molecular weight excluding hydrogens is 410 g/mol. The molecule has 158 valence electrons. The Bertz CT molecular complexity index is 1200. The van der Waals surface area contributed by atoms with Crippen LogP contribution in [-0.2, 0) is 6.54 Å². The lowest BCUT2D eigenvalue weighted by atomic mass is 10.0. The number of nitrogens with one attached hydrogen (secondary N) is 1. The Balaban J connectivity index is 1.56. The van der Waals surface area contributed by atoms with Crippen molar-refractivity contribution in [2.75, 3.05) is 7.11 Å². The van der Waals surface area contributed by atoms with E-state index in [-0.39, 0.29) is 11.9 Å². The Hall–Kier alpha value is -3.31. The Morgan fingerprint density at radius 1 is 1.13 bits per heavy atom. The lowest BCUT2D eigenvalue weighted by Gasteiger charge is -2.18. The molecule has 0 spiro atoms. The van der Waals surface area contributed by atoms with Crippen molar-refractivity contribution < 1.29 is 9.53 Å². The molecule has 1 atom stereocenters. The highest BCUT2D eigenvalue weighted by atomic mass is 35.5. The molecule has 4 rings (SSSR count). The normalized spacial score (nSPS) is 12.0. The number of carbonyl (C=O) groups excluding carboxylic acids is 1. The maximum atomic E-state index is 13.0. The average Bonchev–Trinajstić information content (AvgIpc) is 3.19. The van der Waals surface area contributed by atoms with Crippen molar-refractivity contribution >= 4 is 28.4 Å². The largest absolute Gasteiger partial charge is 0.497 e. The minimum Gasteiger partial charge on any atom is -0.497 e. The minimum atomic E-state index is -0.111. The first kappa shape index (κ1) is 20.9. The molecule has 1 amide bonds. The molecule has 0 aliphatic rings. The van der Waals surface area contributed by atoms with Gasteiger partial charge in [-0.2, -0.15) is 5.10 Å². The summed E-state index contributed by atoms with van der Waals surface area (Å²) in [6.45, 7) is 2.64. The third-order valence-corrected chi connectivity index (χ3v) is 5.60. The molecule has 0 saturated heterocycles. The number of nitrogens with zero attached hydrogens (tertiary/aromatic N) is 2. The third-order valence-electron chi connectivity index (χ3n) is 5.36. The van der Waals surface area contributed by atoms with Gasteiger partial charge in [0.05, 0.1) is 31.4 Å². The molecule has 0 aliphatic heterocycles. The van der Waals surface area contributed by atoms with E-state index in [0.717, 1.165) is 34.2 Å². The van der Waals surface area contributed by atoms with Crippen molar-refractivity contribution in [2.45, 2.75) is 25.9 Å². The Labute approximate surface area is 186 Å². The summed E-state index contributed by atoms with van der Waals surface area (Å²) in [7, 11) is 1.64. The highest BCUT2D eigenvalue weighted by Crippen LogP contribution is 2.22. The van der Waals surface area contributed by atoms with Crippen LogP contribution in [0.25, 0.3) is 10.9 Å². The molecule has 0 bridgehead atoms. The zero-order valence-electron chi connectivity index (χ0n) is 17.5. The highest BCUT2D eigenvalue weighted by molar-refractivity contribution is 6.30. The first-order valence-electron chi connectivity index (χ1n) is 10.2. The Morgan fingerprint density at radius 2 is 1.94 bits per heavy atom. The molecule has 0 unspecified atom stereocenters. The summed E-state index contributed by atoms with van der Waals surface area (Å²) in [6.07, 6.45) is 2.60. The van der Waals surface area contributed by atoms with Gasteiger partial charge < -0.3 is 10.1 Å². The van der Waals surface area contributed by atoms with Gasteiger partial charge >= 0.3 is 0 Å². The van der Waals surface area contributed by atoms with E-state index < -0.39 is 0 Å². The van der Waals surface area contributed by atoms with Gasteiger partial charge in [-0.25, -0.2) is 0 Å². The maximum absolute atomic E-state index is 13.0. The lowest BCUT2D eigenvalue weighted by molar-refractivity contribution is 0.0935. The van der Waals surface area contributed by atoms with Gasteiger partial charge in [-0.15, -0.1) is 0 Å². The number of aromatic nitrogens is 2. The van der Waals surface area contributed by atoms with Crippen LogP contribution in [0.5, 0.6) is 5.75 Å². The number of amides is 1. The summed E-state index contributed by atoms with van der Waals surface area (Å²) in [5.41, 5.74) is 3.61. The number of rotatable bonds is 7. The van der Waals surface area contributed by atoms with Crippen molar-refractivity contribution in [1.82, 2.24) is 15.1 Å². The zero-order chi connectivity index (χ0) is 21.8. The number of hydrogen-bond acceptors (Lipinski definition) is 3. The summed E-state index contributed by atoms with van der Waals surface area (Å²) in [6, 6.07) is 21.1. The molecule has 4 aromatic rings. The van der Waals surface area contributed by atoms with Crippen molar-refractivity contribution in [1.29, 1.82) is 0 Å². The predicted octanol–water partition coefficient (Wildman–Crippen LogP) is 5.63. The van der Waals surface area contributed by atoms with Crippen LogP contribution in [0.3, 0.4) is 0 Å². The summed E-state index contributed by atoms with van der Waals surface area (Å²) in [5.74, 6) is 0.684. The van der Waals surface area contributed by atoms with E-state index in [9.17, 15) is 4.79 Å². The molecule has 5 nitrogen and oxygen atoms in total. The quantitative estimate of drug-likeness (QED) is 0.411. The number of fused-ring (bicyclic) bond motifs is 1. The smallest absolute Gasteiger partial charge is 0.251 e. The number of ether oxygens (including phenoxy) is 1. The molecular formula is C25H24ClN3O2. The standard InChI is InChI=1S/C25H24ClN3O2/c1-3-23(18-9-11-22(31-2)12-10-18)28-25(30)19-7-8-20-15-27-29(24(20)14-19)16-17-5-4-6-21(26)13-17/h4-15,23H,3,16H2,1-2H3,(H,28,30)/t23-/m0/s1. The van der Waals surface area contributed by atoms with E-state index in [4.69, 9.17) is 16.3 Å². The predicted molar refractivity (Wildman–Crippen MR) is 124 cm³/mol. The van der Waals surface area contributed by atoms with Crippen LogP contribution in [0.15, 0.2) is 72.9 Å². The van der Waals surface area contributed by atoms with Crippen LogP contribution in [0, 0.1) is 0 Å². The average molecular weight is 434 g/mol. The molecule has 3 aromatic carbocycles. The van der Waals surface area contributed by atoms with Gasteiger partial charge in [0.1, 0.15) is 5.75 Å². The van der Waals surface area contributed by atoms with Crippen molar-refractivity contribution in [3.8, 4) is 5.75 Å². The molecule has 1 N–H and O–H groups in total. The molecule has 0 aliphatic carbocycles. The van der Waals surface area contributed by atoms with E-state index in [1.807, 2.05) is 77.6 Å². The number of halogens is 1. The van der Waals surface area contributed by atoms with Crippen LogP contribution in [-0.4, -0.2) is 22.8 Å². The van der Waals surface area contributed by atoms with Crippen LogP contribution < -0.4 is 10.1 Å². The second-order valence-electron chi connectivity index (χ2n) is 7.41. The number of benzene rings is 3. The molecule has 1 heterocycles. The molecule has 31 heavy (non-hydrogen) atoms. The second-order valence-corrected chi connectivity index (χ2v) is 7.85. The SMILES string of the molecule is CC[C@H](NC(=O)c1ccc2cnn(Cc3cccc(Cl)c3)c2c1)c1ccc(OC)cc1. The van der Waals surface area contributed by atoms with E-state index >= 15 is 0 Å². The molecule has 0 fully saturated rings. The van der Waals surface area contributed by atoms with Gasteiger partial charge in [-0.3, -0.25) is 9.48 Å². The van der Waals surface area contributed by atoms with Gasteiger partial charge in [0.15, 0.2) is 0 Å². The van der Waals surface area contributed by atoms with E-state index in [0.29, 0.717) is 17.1 Å². The summed E-state index contributed by atoms with van der Waals surface area (Å²) < 4.78 is 7.11. The highest BCUT2D eigenvalue weighted by Gasteiger charge is 2.16. The lowest BCUT2D eigenvalue weighted by Crippen LogP contribution is -2.28. The number of carbonyl (C=O) groups is 1. The van der Waals surface area contributed by atoms with Gasteiger partial charge in [0.25, 0.3) is 5.91 Å². The fourth-order valence-electron chi connectivity index (χ4n) is 3.64. The minimum absolute atomic E-state index is 0.0783. The van der Waals surface area contributed by atoms with Crippen LogP contribution in [0.4, 0.5) is 0 Å². The van der Waals surface area contributed by atoms with Gasteiger partial charge in [0, 0.05) is 16.0 Å². The summed E-state index contributed by atoms with van der Waals surface area (Å²) in [4.78, 5) is 13.0.